The van der Waals surface area contributed by atoms with Crippen LogP contribution in [0.5, 0.6) is 0 Å². The van der Waals surface area contributed by atoms with E-state index in [1.807, 2.05) is 37.3 Å². The molecule has 0 saturated carbocycles. The lowest BCUT2D eigenvalue weighted by Crippen LogP contribution is -2.28. The lowest BCUT2D eigenvalue weighted by molar-refractivity contribution is 0.550. The fraction of sp³-hybridized carbons (Fsp3) is 0.188. The predicted octanol–water partition coefficient (Wildman–Crippen LogP) is 3.75. The van der Waals surface area contributed by atoms with Crippen LogP contribution in [0.3, 0.4) is 0 Å². The summed E-state index contributed by atoms with van der Waals surface area (Å²) in [4.78, 5) is 0.0992. The molecule has 1 N–H and O–H groups in total. The first-order valence-corrected chi connectivity index (χ1v) is 9.02. The second-order valence-corrected chi connectivity index (χ2v) is 7.40. The molecule has 0 bridgehead atoms. The van der Waals surface area contributed by atoms with E-state index in [2.05, 4.69) is 20.7 Å². The maximum absolute atomic E-state index is 12.5. The highest BCUT2D eigenvalue weighted by atomic mass is 79.9. The number of hydrogen-bond donors (Lipinski definition) is 1. The SMILES string of the molecule is CC[C@H](NS(=O)(=O)c1cccc(C#N)c1)c1ccc(Br)cc1. The van der Waals surface area contributed by atoms with Gasteiger partial charge in [0.2, 0.25) is 10.0 Å². The second-order valence-electron chi connectivity index (χ2n) is 4.77. The van der Waals surface area contributed by atoms with Crippen molar-refractivity contribution in [3.8, 4) is 6.07 Å². The molecule has 0 aromatic heterocycles. The van der Waals surface area contributed by atoms with Crippen LogP contribution in [-0.4, -0.2) is 8.42 Å². The fourth-order valence-electron chi connectivity index (χ4n) is 2.07. The molecule has 0 aliphatic carbocycles. The maximum Gasteiger partial charge on any atom is 0.241 e. The fourth-order valence-corrected chi connectivity index (χ4v) is 3.69. The van der Waals surface area contributed by atoms with E-state index in [-0.39, 0.29) is 10.9 Å². The highest BCUT2D eigenvalue weighted by molar-refractivity contribution is 9.10. The van der Waals surface area contributed by atoms with E-state index in [9.17, 15) is 8.42 Å². The molecule has 4 nitrogen and oxygen atoms in total. The summed E-state index contributed by atoms with van der Waals surface area (Å²) in [5.74, 6) is 0. The molecule has 22 heavy (non-hydrogen) atoms. The first-order valence-electron chi connectivity index (χ1n) is 6.74. The minimum atomic E-state index is -3.68. The molecule has 2 rings (SSSR count). The number of nitriles is 1. The number of halogens is 1. The van der Waals surface area contributed by atoms with Gasteiger partial charge in [-0.15, -0.1) is 0 Å². The Kier molecular flexibility index (Phi) is 5.35. The third-order valence-corrected chi connectivity index (χ3v) is 5.25. The lowest BCUT2D eigenvalue weighted by atomic mass is 10.1. The van der Waals surface area contributed by atoms with E-state index in [1.54, 1.807) is 12.1 Å². The first-order chi connectivity index (χ1) is 10.5. The molecule has 114 valence electrons. The molecule has 0 fully saturated rings. The van der Waals surface area contributed by atoms with Gasteiger partial charge in [0.15, 0.2) is 0 Å². The normalized spacial score (nSPS) is 12.6. The van der Waals surface area contributed by atoms with Gasteiger partial charge in [-0.05, 0) is 42.3 Å². The van der Waals surface area contributed by atoms with Crippen molar-refractivity contribution in [3.05, 3.63) is 64.1 Å². The summed E-state index contributed by atoms with van der Waals surface area (Å²) < 4.78 is 28.6. The Balaban J connectivity index is 2.29. The molecule has 0 aliphatic rings. The van der Waals surface area contributed by atoms with Gasteiger partial charge in [-0.25, -0.2) is 13.1 Å². The standard InChI is InChI=1S/C16H15BrN2O2S/c1-2-16(13-6-8-14(17)9-7-13)19-22(20,21)15-5-3-4-12(10-15)11-18/h3-10,16,19H,2H2,1H3/t16-/m0/s1. The van der Waals surface area contributed by atoms with Crippen LogP contribution in [0.15, 0.2) is 57.9 Å². The Morgan fingerprint density at radius 3 is 2.50 bits per heavy atom. The molecule has 2 aromatic rings. The van der Waals surface area contributed by atoms with Crippen LogP contribution in [0, 0.1) is 11.3 Å². The van der Waals surface area contributed by atoms with Crippen LogP contribution in [0.4, 0.5) is 0 Å². The van der Waals surface area contributed by atoms with E-state index in [1.165, 1.54) is 12.1 Å². The molecule has 0 amide bonds. The second kappa shape index (κ2) is 7.05. The van der Waals surface area contributed by atoms with Gasteiger partial charge in [-0.1, -0.05) is 41.1 Å². The topological polar surface area (TPSA) is 70.0 Å². The van der Waals surface area contributed by atoms with E-state index in [0.717, 1.165) is 10.0 Å². The van der Waals surface area contributed by atoms with Gasteiger partial charge in [0, 0.05) is 10.5 Å². The van der Waals surface area contributed by atoms with Gasteiger partial charge in [-0.3, -0.25) is 0 Å². The van der Waals surface area contributed by atoms with Gasteiger partial charge < -0.3 is 0 Å². The number of sulfonamides is 1. The Hall–Kier alpha value is -1.68. The largest absolute Gasteiger partial charge is 0.241 e. The molecule has 2 aromatic carbocycles. The van der Waals surface area contributed by atoms with Crippen molar-refractivity contribution in [2.45, 2.75) is 24.3 Å². The van der Waals surface area contributed by atoms with Gasteiger partial charge in [0.25, 0.3) is 0 Å². The van der Waals surface area contributed by atoms with Crippen LogP contribution in [0.1, 0.15) is 30.5 Å². The first kappa shape index (κ1) is 16.7. The van der Waals surface area contributed by atoms with E-state index in [4.69, 9.17) is 5.26 Å². The summed E-state index contributed by atoms with van der Waals surface area (Å²) in [5, 5.41) is 8.89. The van der Waals surface area contributed by atoms with Crippen molar-refractivity contribution in [2.75, 3.05) is 0 Å². The van der Waals surface area contributed by atoms with Gasteiger partial charge >= 0.3 is 0 Å². The highest BCUT2D eigenvalue weighted by Crippen LogP contribution is 2.22. The summed E-state index contributed by atoms with van der Waals surface area (Å²) in [6.07, 6.45) is 0.624. The van der Waals surface area contributed by atoms with Crippen LogP contribution >= 0.6 is 15.9 Å². The lowest BCUT2D eigenvalue weighted by Gasteiger charge is -2.17. The monoisotopic (exact) mass is 378 g/mol. The van der Waals surface area contributed by atoms with Crippen LogP contribution in [-0.2, 0) is 10.0 Å². The van der Waals surface area contributed by atoms with Crippen molar-refractivity contribution in [3.63, 3.8) is 0 Å². The Bertz CT molecular complexity index is 796. The summed E-state index contributed by atoms with van der Waals surface area (Å²) in [5.41, 5.74) is 1.21. The molecule has 1 atom stereocenters. The molecule has 0 spiro atoms. The molecule has 0 radical (unpaired) electrons. The number of benzene rings is 2. The molecule has 0 aliphatic heterocycles. The summed E-state index contributed by atoms with van der Waals surface area (Å²) in [6.45, 7) is 1.92. The van der Waals surface area contributed by atoms with E-state index >= 15 is 0 Å². The average molecular weight is 379 g/mol. The smallest absolute Gasteiger partial charge is 0.207 e. The van der Waals surface area contributed by atoms with E-state index in [0.29, 0.717) is 12.0 Å². The van der Waals surface area contributed by atoms with Gasteiger partial charge in [0.05, 0.1) is 16.5 Å². The maximum atomic E-state index is 12.5. The predicted molar refractivity (Wildman–Crippen MR) is 88.7 cm³/mol. The van der Waals surface area contributed by atoms with Crippen molar-refractivity contribution < 1.29 is 8.42 Å². The molecule has 0 heterocycles. The van der Waals surface area contributed by atoms with Gasteiger partial charge in [-0.2, -0.15) is 5.26 Å². The number of rotatable bonds is 5. The molecular formula is C16H15BrN2O2S. The average Bonchev–Trinajstić information content (AvgIpc) is 2.53. The molecular weight excluding hydrogens is 364 g/mol. The zero-order valence-electron chi connectivity index (χ0n) is 12.0. The van der Waals surface area contributed by atoms with Crippen LogP contribution in [0.2, 0.25) is 0 Å². The zero-order chi connectivity index (χ0) is 16.2. The zero-order valence-corrected chi connectivity index (χ0v) is 14.4. The minimum absolute atomic E-state index is 0.0992. The molecule has 6 heteroatoms. The van der Waals surface area contributed by atoms with Crippen LogP contribution in [0.25, 0.3) is 0 Å². The van der Waals surface area contributed by atoms with Crippen molar-refractivity contribution in [1.29, 1.82) is 5.26 Å². The number of nitrogens with zero attached hydrogens (tertiary/aromatic N) is 1. The Morgan fingerprint density at radius 1 is 1.23 bits per heavy atom. The van der Waals surface area contributed by atoms with E-state index < -0.39 is 10.0 Å². The molecule has 0 saturated heterocycles. The van der Waals surface area contributed by atoms with Crippen LogP contribution < -0.4 is 4.72 Å². The number of hydrogen-bond acceptors (Lipinski definition) is 3. The van der Waals surface area contributed by atoms with Crippen molar-refractivity contribution in [2.24, 2.45) is 0 Å². The summed E-state index contributed by atoms with van der Waals surface area (Å²) >= 11 is 3.36. The van der Waals surface area contributed by atoms with Gasteiger partial charge in [0.1, 0.15) is 0 Å². The highest BCUT2D eigenvalue weighted by Gasteiger charge is 2.20. The summed E-state index contributed by atoms with van der Waals surface area (Å²) in [7, 11) is -3.68. The van der Waals surface area contributed by atoms with Crippen molar-refractivity contribution >= 4 is 26.0 Å². The Morgan fingerprint density at radius 2 is 1.91 bits per heavy atom. The number of nitrogens with one attached hydrogen (secondary N) is 1. The Labute approximate surface area is 139 Å². The third kappa shape index (κ3) is 3.95. The van der Waals surface area contributed by atoms with Crippen molar-refractivity contribution in [1.82, 2.24) is 4.72 Å². The third-order valence-electron chi connectivity index (χ3n) is 3.25. The minimum Gasteiger partial charge on any atom is -0.207 e. The molecule has 0 unspecified atom stereocenters. The summed E-state index contributed by atoms with van der Waals surface area (Å²) in [6, 6.07) is 15.1. The quantitative estimate of drug-likeness (QED) is 0.860.